The number of hydrogen-bond donors (Lipinski definition) is 1. The molecule has 0 aromatic heterocycles. The highest BCUT2D eigenvalue weighted by atomic mass is 35.5. The molecule has 3 aliphatic carbocycles. The third-order valence-electron chi connectivity index (χ3n) is 8.60. The predicted molar refractivity (Wildman–Crippen MR) is 158 cm³/mol. The number of amides is 3. The smallest absolute Gasteiger partial charge is 0.338 e. The number of aryl methyl sites for hydroxylation is 1. The van der Waals surface area contributed by atoms with Crippen LogP contribution in [0.15, 0.2) is 91.0 Å². The number of halogens is 1. The molecule has 2 bridgehead atoms. The summed E-state index contributed by atoms with van der Waals surface area (Å²) in [4.78, 5) is 54.6. The molecule has 1 saturated heterocycles. The van der Waals surface area contributed by atoms with Crippen LogP contribution in [0.5, 0.6) is 0 Å². The molecule has 0 unspecified atom stereocenters. The highest BCUT2D eigenvalue weighted by molar-refractivity contribution is 6.31. The largest absolute Gasteiger partial charge is 0.452 e. The van der Waals surface area contributed by atoms with Crippen molar-refractivity contribution in [1.29, 1.82) is 0 Å². The van der Waals surface area contributed by atoms with Crippen LogP contribution in [0.4, 0.5) is 11.4 Å². The summed E-state index contributed by atoms with van der Waals surface area (Å²) in [5.41, 5.74) is 6.14. The second-order valence-electron chi connectivity index (χ2n) is 10.9. The van der Waals surface area contributed by atoms with Crippen LogP contribution in [0.25, 0.3) is 0 Å². The molecule has 8 rings (SSSR count). The van der Waals surface area contributed by atoms with E-state index in [-0.39, 0.29) is 29.2 Å². The van der Waals surface area contributed by atoms with Crippen molar-refractivity contribution in [3.05, 3.63) is 129 Å². The van der Waals surface area contributed by atoms with Crippen LogP contribution in [0.1, 0.15) is 50.0 Å². The van der Waals surface area contributed by atoms with Gasteiger partial charge in [0.05, 0.1) is 23.1 Å². The van der Waals surface area contributed by atoms with Crippen LogP contribution < -0.4 is 10.2 Å². The quantitative estimate of drug-likeness (QED) is 0.238. The SMILES string of the molecule is Cc1ccc(Cl)cc1NC(=O)COC(=O)c1cccc(N2C(=O)[C@H]3C4c5ccccc5C(c5ccccc54)[C@@H]3C2=O)c1. The van der Waals surface area contributed by atoms with Gasteiger partial charge in [0.1, 0.15) is 0 Å². The van der Waals surface area contributed by atoms with E-state index in [9.17, 15) is 19.2 Å². The maximum atomic E-state index is 14.0. The Kier molecular flexibility index (Phi) is 6.21. The summed E-state index contributed by atoms with van der Waals surface area (Å²) in [6, 6.07) is 27.5. The van der Waals surface area contributed by atoms with Crippen molar-refractivity contribution in [2.75, 3.05) is 16.8 Å². The number of anilines is 2. The molecule has 1 aliphatic heterocycles. The van der Waals surface area contributed by atoms with Crippen molar-refractivity contribution >= 4 is 46.7 Å². The second-order valence-corrected chi connectivity index (χ2v) is 11.3. The minimum atomic E-state index is -0.744. The second kappa shape index (κ2) is 9.96. The number of esters is 1. The van der Waals surface area contributed by atoms with E-state index in [0.717, 1.165) is 27.8 Å². The highest BCUT2D eigenvalue weighted by Gasteiger charge is 2.61. The normalized spacial score (nSPS) is 21.4. The van der Waals surface area contributed by atoms with Gasteiger partial charge in [-0.1, -0.05) is 72.3 Å². The standard InChI is InChI=1S/C34H25ClN2O5/c1-18-13-14-20(35)16-26(18)36-27(38)17-42-34(41)19-7-6-8-21(15-19)37-32(39)30-28-22-9-2-3-10-23(22)29(31(30)33(37)40)25-12-5-4-11-24(25)28/h2-16,28-31H,17H2,1H3,(H,36,38)/t28?,29?,30-,31-/m0/s1. The molecule has 4 aromatic rings. The summed E-state index contributed by atoms with van der Waals surface area (Å²) in [7, 11) is 0. The van der Waals surface area contributed by atoms with E-state index < -0.39 is 30.3 Å². The van der Waals surface area contributed by atoms with Gasteiger partial charge in [0.2, 0.25) is 11.8 Å². The minimum absolute atomic E-state index is 0.129. The van der Waals surface area contributed by atoms with Gasteiger partial charge in [-0.3, -0.25) is 14.4 Å². The highest BCUT2D eigenvalue weighted by Crippen LogP contribution is 2.61. The lowest BCUT2D eigenvalue weighted by Gasteiger charge is -2.45. The summed E-state index contributed by atoms with van der Waals surface area (Å²) >= 11 is 6.01. The first-order valence-electron chi connectivity index (χ1n) is 13.7. The van der Waals surface area contributed by atoms with Crippen molar-refractivity contribution in [2.24, 2.45) is 11.8 Å². The van der Waals surface area contributed by atoms with E-state index >= 15 is 0 Å². The Morgan fingerprint density at radius 3 is 1.93 bits per heavy atom. The molecule has 3 amide bonds. The third kappa shape index (κ3) is 4.03. The zero-order valence-corrected chi connectivity index (χ0v) is 23.3. The van der Waals surface area contributed by atoms with Crippen LogP contribution in [-0.4, -0.2) is 30.3 Å². The fraction of sp³-hybridized carbons (Fsp3) is 0.176. The summed E-state index contributed by atoms with van der Waals surface area (Å²) in [5, 5.41) is 3.15. The van der Waals surface area contributed by atoms with Crippen molar-refractivity contribution in [3.63, 3.8) is 0 Å². The zero-order valence-electron chi connectivity index (χ0n) is 22.5. The Bertz CT molecular complexity index is 1700. The van der Waals surface area contributed by atoms with E-state index in [1.165, 1.54) is 17.0 Å². The maximum Gasteiger partial charge on any atom is 0.338 e. The predicted octanol–water partition coefficient (Wildman–Crippen LogP) is 5.84. The van der Waals surface area contributed by atoms with Gasteiger partial charge in [-0.15, -0.1) is 0 Å². The van der Waals surface area contributed by atoms with Crippen LogP contribution in [0.3, 0.4) is 0 Å². The third-order valence-corrected chi connectivity index (χ3v) is 8.83. The molecule has 0 saturated carbocycles. The molecule has 8 heteroatoms. The first-order valence-corrected chi connectivity index (χ1v) is 14.1. The summed E-state index contributed by atoms with van der Waals surface area (Å²) in [5.74, 6) is -3.30. The van der Waals surface area contributed by atoms with Crippen molar-refractivity contribution in [2.45, 2.75) is 18.8 Å². The Labute approximate surface area is 247 Å². The Morgan fingerprint density at radius 1 is 0.786 bits per heavy atom. The lowest BCUT2D eigenvalue weighted by atomic mass is 9.55. The summed E-state index contributed by atoms with van der Waals surface area (Å²) in [6.07, 6.45) is 0. The molecule has 4 aliphatic rings. The average Bonchev–Trinajstić information content (AvgIpc) is 3.27. The number of benzene rings is 4. The van der Waals surface area contributed by atoms with Gasteiger partial charge in [0.25, 0.3) is 5.91 Å². The molecule has 0 radical (unpaired) electrons. The molecule has 7 nitrogen and oxygen atoms in total. The minimum Gasteiger partial charge on any atom is -0.452 e. The molecular weight excluding hydrogens is 552 g/mol. The topological polar surface area (TPSA) is 92.8 Å². The summed E-state index contributed by atoms with van der Waals surface area (Å²) in [6.45, 7) is 1.31. The molecule has 1 fully saturated rings. The number of hydrogen-bond acceptors (Lipinski definition) is 5. The molecule has 2 atom stereocenters. The summed E-state index contributed by atoms with van der Waals surface area (Å²) < 4.78 is 5.25. The van der Waals surface area contributed by atoms with E-state index in [4.69, 9.17) is 16.3 Å². The van der Waals surface area contributed by atoms with E-state index in [1.807, 2.05) is 31.2 Å². The van der Waals surface area contributed by atoms with Gasteiger partial charge < -0.3 is 10.1 Å². The number of ether oxygens (including phenoxy) is 1. The monoisotopic (exact) mass is 576 g/mol. The van der Waals surface area contributed by atoms with Crippen LogP contribution in [0, 0.1) is 18.8 Å². The lowest BCUT2D eigenvalue weighted by Crippen LogP contribution is -2.41. The molecule has 42 heavy (non-hydrogen) atoms. The molecule has 208 valence electrons. The average molecular weight is 577 g/mol. The lowest BCUT2D eigenvalue weighted by molar-refractivity contribution is -0.122. The molecular formula is C34H25ClN2O5. The molecule has 1 N–H and O–H groups in total. The number of rotatable bonds is 5. The van der Waals surface area contributed by atoms with Crippen molar-refractivity contribution in [1.82, 2.24) is 0 Å². The first-order chi connectivity index (χ1) is 20.3. The van der Waals surface area contributed by atoms with Gasteiger partial charge >= 0.3 is 5.97 Å². The van der Waals surface area contributed by atoms with Crippen molar-refractivity contribution in [3.8, 4) is 0 Å². The van der Waals surface area contributed by atoms with Gasteiger partial charge in [0.15, 0.2) is 6.61 Å². The Balaban J connectivity index is 1.13. The molecule has 1 heterocycles. The van der Waals surface area contributed by atoms with Gasteiger partial charge in [-0.05, 0) is 65.1 Å². The van der Waals surface area contributed by atoms with E-state index in [2.05, 4.69) is 29.6 Å². The maximum absolute atomic E-state index is 14.0. The zero-order chi connectivity index (χ0) is 29.1. The van der Waals surface area contributed by atoms with E-state index in [1.54, 1.807) is 30.3 Å². The van der Waals surface area contributed by atoms with Crippen LogP contribution in [0.2, 0.25) is 5.02 Å². The number of nitrogens with zero attached hydrogens (tertiary/aromatic N) is 1. The van der Waals surface area contributed by atoms with Crippen LogP contribution in [-0.2, 0) is 19.1 Å². The Morgan fingerprint density at radius 2 is 1.36 bits per heavy atom. The number of nitrogens with one attached hydrogen (secondary N) is 1. The first kappa shape index (κ1) is 26.2. The van der Waals surface area contributed by atoms with Gasteiger partial charge in [-0.25, -0.2) is 9.69 Å². The van der Waals surface area contributed by atoms with Gasteiger partial charge in [-0.2, -0.15) is 0 Å². The molecule has 0 spiro atoms. The number of carbonyl (C=O) groups excluding carboxylic acids is 4. The van der Waals surface area contributed by atoms with Crippen molar-refractivity contribution < 1.29 is 23.9 Å². The fourth-order valence-corrected chi connectivity index (χ4v) is 7.01. The number of carbonyl (C=O) groups is 4. The number of imide groups is 1. The van der Waals surface area contributed by atoms with Crippen LogP contribution >= 0.6 is 11.6 Å². The van der Waals surface area contributed by atoms with E-state index in [0.29, 0.717) is 16.4 Å². The Hall–Kier alpha value is -4.75. The fourth-order valence-electron chi connectivity index (χ4n) is 6.83. The molecule has 4 aromatic carbocycles. The van der Waals surface area contributed by atoms with Gasteiger partial charge in [0, 0.05) is 22.5 Å².